The number of amides is 1. The number of hydrogen-bond acceptors (Lipinski definition) is 4. The third-order valence-corrected chi connectivity index (χ3v) is 7.96. The molecule has 176 valence electrons. The van der Waals surface area contributed by atoms with Crippen molar-refractivity contribution in [1.29, 1.82) is 0 Å². The van der Waals surface area contributed by atoms with E-state index < -0.39 is 10.0 Å². The van der Waals surface area contributed by atoms with Crippen LogP contribution in [0.4, 0.5) is 0 Å². The second kappa shape index (κ2) is 10.1. The zero-order chi connectivity index (χ0) is 23.4. The van der Waals surface area contributed by atoms with Crippen molar-refractivity contribution >= 4 is 26.8 Å². The number of benzene rings is 2. The van der Waals surface area contributed by atoms with Gasteiger partial charge in [0.25, 0.3) is 0 Å². The van der Waals surface area contributed by atoms with Gasteiger partial charge in [0, 0.05) is 43.2 Å². The lowest BCUT2D eigenvalue weighted by atomic mass is 9.85. The van der Waals surface area contributed by atoms with Gasteiger partial charge in [-0.15, -0.1) is 0 Å². The van der Waals surface area contributed by atoms with Gasteiger partial charge in [0.1, 0.15) is 0 Å². The Bertz CT molecular complexity index is 1200. The van der Waals surface area contributed by atoms with E-state index in [1.807, 2.05) is 60.3 Å². The molecule has 2 N–H and O–H groups in total. The predicted molar refractivity (Wildman–Crippen MR) is 128 cm³/mol. The number of nitrogens with one attached hydrogen (secondary N) is 2. The molecule has 4 rings (SSSR count). The number of rotatable bonds is 8. The first-order valence-electron chi connectivity index (χ1n) is 11.3. The Kier molecular flexibility index (Phi) is 7.17. The number of methoxy groups -OCH3 is 1. The van der Waals surface area contributed by atoms with E-state index in [0.717, 1.165) is 16.5 Å². The average Bonchev–Trinajstić information content (AvgIpc) is 3.19. The standard InChI is InChI=1S/C25H31N3O4S/c1-28-15-14-20-16-22(12-13-24(20)28)33(30,31)27-21-10-8-19(9-11-21)25(29)26-23(17-32-2)18-6-4-3-5-7-18/h3-7,12-16,19,21,23,27H,8-11,17H2,1-2H3,(H,26,29)/t19?,21?,23-/m1/s1. The highest BCUT2D eigenvalue weighted by Crippen LogP contribution is 2.27. The molecule has 1 aromatic heterocycles. The van der Waals surface area contributed by atoms with Crippen LogP contribution >= 0.6 is 0 Å². The lowest BCUT2D eigenvalue weighted by molar-refractivity contribution is -0.127. The summed E-state index contributed by atoms with van der Waals surface area (Å²) >= 11 is 0. The molecule has 33 heavy (non-hydrogen) atoms. The van der Waals surface area contributed by atoms with Gasteiger partial charge in [0.15, 0.2) is 0 Å². The van der Waals surface area contributed by atoms with Crippen LogP contribution in [0.1, 0.15) is 37.3 Å². The fourth-order valence-corrected chi connectivity index (χ4v) is 5.89. The molecule has 1 fully saturated rings. The lowest BCUT2D eigenvalue weighted by Crippen LogP contribution is -2.42. The van der Waals surface area contributed by atoms with Crippen molar-refractivity contribution in [3.63, 3.8) is 0 Å². The first kappa shape index (κ1) is 23.5. The molecule has 0 unspecified atom stereocenters. The summed E-state index contributed by atoms with van der Waals surface area (Å²) in [4.78, 5) is 13.2. The van der Waals surface area contributed by atoms with E-state index in [9.17, 15) is 13.2 Å². The molecule has 0 radical (unpaired) electrons. The third kappa shape index (κ3) is 5.46. The molecule has 0 bridgehead atoms. The van der Waals surface area contributed by atoms with E-state index in [1.165, 1.54) is 0 Å². The summed E-state index contributed by atoms with van der Waals surface area (Å²) in [6.45, 7) is 0.399. The van der Waals surface area contributed by atoms with E-state index in [-0.39, 0.29) is 28.8 Å². The summed E-state index contributed by atoms with van der Waals surface area (Å²) in [5, 5.41) is 4.00. The van der Waals surface area contributed by atoms with Crippen molar-refractivity contribution in [3.05, 3.63) is 66.4 Å². The van der Waals surface area contributed by atoms with Crippen LogP contribution in [0.25, 0.3) is 10.9 Å². The molecular weight excluding hydrogens is 438 g/mol. The van der Waals surface area contributed by atoms with Crippen molar-refractivity contribution in [1.82, 2.24) is 14.6 Å². The van der Waals surface area contributed by atoms with E-state index >= 15 is 0 Å². The largest absolute Gasteiger partial charge is 0.382 e. The van der Waals surface area contributed by atoms with Gasteiger partial charge in [0.2, 0.25) is 15.9 Å². The van der Waals surface area contributed by atoms with Gasteiger partial charge >= 0.3 is 0 Å². The molecule has 1 heterocycles. The zero-order valence-electron chi connectivity index (χ0n) is 19.0. The predicted octanol–water partition coefficient (Wildman–Crippen LogP) is 3.52. The summed E-state index contributed by atoms with van der Waals surface area (Å²) in [7, 11) is -0.0673. The van der Waals surface area contributed by atoms with E-state index in [0.29, 0.717) is 32.3 Å². The number of carbonyl (C=O) groups excluding carboxylic acids is 1. The number of nitrogens with zero attached hydrogens (tertiary/aromatic N) is 1. The fourth-order valence-electron chi connectivity index (χ4n) is 4.55. The van der Waals surface area contributed by atoms with Crippen molar-refractivity contribution in [2.24, 2.45) is 13.0 Å². The highest BCUT2D eigenvalue weighted by Gasteiger charge is 2.30. The number of ether oxygens (including phenoxy) is 1. The maximum absolute atomic E-state index is 12.9. The van der Waals surface area contributed by atoms with Crippen LogP contribution in [0, 0.1) is 5.92 Å². The maximum atomic E-state index is 12.9. The minimum absolute atomic E-state index is 0.00302. The molecule has 7 nitrogen and oxygen atoms in total. The molecule has 1 aliphatic carbocycles. The monoisotopic (exact) mass is 469 g/mol. The molecular formula is C25H31N3O4S. The van der Waals surface area contributed by atoms with Gasteiger partial charge in [0.05, 0.1) is 17.5 Å². The zero-order valence-corrected chi connectivity index (χ0v) is 19.8. The second-order valence-corrected chi connectivity index (χ2v) is 10.5. The molecule has 0 spiro atoms. The van der Waals surface area contributed by atoms with Crippen LogP contribution in [0.3, 0.4) is 0 Å². The molecule has 2 aromatic carbocycles. The summed E-state index contributed by atoms with van der Waals surface area (Å²) in [6.07, 6.45) is 4.46. The number of carbonyl (C=O) groups is 1. The van der Waals surface area contributed by atoms with E-state index in [2.05, 4.69) is 10.0 Å². The van der Waals surface area contributed by atoms with Crippen molar-refractivity contribution < 1.29 is 17.9 Å². The van der Waals surface area contributed by atoms with E-state index in [1.54, 1.807) is 19.2 Å². The molecule has 1 aliphatic rings. The van der Waals surface area contributed by atoms with Crippen LogP contribution in [0.15, 0.2) is 65.7 Å². The molecule has 1 atom stereocenters. The molecule has 0 aliphatic heterocycles. The Morgan fingerprint density at radius 2 is 1.82 bits per heavy atom. The number of aryl methyl sites for hydroxylation is 1. The Hall–Kier alpha value is -2.68. The summed E-state index contributed by atoms with van der Waals surface area (Å²) in [5.41, 5.74) is 1.99. The molecule has 8 heteroatoms. The van der Waals surface area contributed by atoms with Gasteiger partial charge in [-0.2, -0.15) is 0 Å². The minimum atomic E-state index is -3.62. The normalized spacial score (nSPS) is 19.9. The van der Waals surface area contributed by atoms with Gasteiger partial charge in [-0.25, -0.2) is 13.1 Å². The van der Waals surface area contributed by atoms with Gasteiger partial charge in [-0.05, 0) is 55.5 Å². The number of aromatic nitrogens is 1. The first-order chi connectivity index (χ1) is 15.9. The van der Waals surface area contributed by atoms with Gasteiger partial charge in [-0.3, -0.25) is 4.79 Å². The van der Waals surface area contributed by atoms with Crippen molar-refractivity contribution in [2.75, 3.05) is 13.7 Å². The summed E-state index contributed by atoms with van der Waals surface area (Å²) < 4.78 is 36.0. The Morgan fingerprint density at radius 3 is 2.52 bits per heavy atom. The van der Waals surface area contributed by atoms with Crippen molar-refractivity contribution in [2.45, 2.75) is 42.7 Å². The minimum Gasteiger partial charge on any atom is -0.382 e. The van der Waals surface area contributed by atoms with Gasteiger partial charge < -0.3 is 14.6 Å². The maximum Gasteiger partial charge on any atom is 0.240 e. The molecule has 3 aromatic rings. The van der Waals surface area contributed by atoms with Crippen LogP contribution in [0.2, 0.25) is 0 Å². The Labute approximate surface area is 195 Å². The Balaban J connectivity index is 1.34. The second-order valence-electron chi connectivity index (χ2n) is 8.74. The smallest absolute Gasteiger partial charge is 0.240 e. The topological polar surface area (TPSA) is 89.4 Å². The summed E-state index contributed by atoms with van der Waals surface area (Å²) in [6, 6.07) is 16.5. The third-order valence-electron chi connectivity index (χ3n) is 6.44. The SMILES string of the molecule is COC[C@@H](NC(=O)C1CCC(NS(=O)(=O)c2ccc3c(ccn3C)c2)CC1)c1ccccc1. The van der Waals surface area contributed by atoms with E-state index in [4.69, 9.17) is 4.74 Å². The fraction of sp³-hybridized carbons (Fsp3) is 0.400. The number of fused-ring (bicyclic) bond motifs is 1. The van der Waals surface area contributed by atoms with Crippen LogP contribution in [-0.4, -0.2) is 38.7 Å². The summed E-state index contributed by atoms with van der Waals surface area (Å²) in [5.74, 6) is -0.133. The average molecular weight is 470 g/mol. The van der Waals surface area contributed by atoms with Crippen LogP contribution in [0.5, 0.6) is 0 Å². The Morgan fingerprint density at radius 1 is 1.09 bits per heavy atom. The molecule has 0 saturated heterocycles. The number of hydrogen-bond donors (Lipinski definition) is 2. The van der Waals surface area contributed by atoms with Crippen LogP contribution in [-0.2, 0) is 26.6 Å². The van der Waals surface area contributed by atoms with Crippen molar-refractivity contribution in [3.8, 4) is 0 Å². The highest BCUT2D eigenvalue weighted by atomic mass is 32.2. The lowest BCUT2D eigenvalue weighted by Gasteiger charge is -2.29. The van der Waals surface area contributed by atoms with Crippen LogP contribution < -0.4 is 10.0 Å². The highest BCUT2D eigenvalue weighted by molar-refractivity contribution is 7.89. The quantitative estimate of drug-likeness (QED) is 0.528. The first-order valence-corrected chi connectivity index (χ1v) is 12.8. The molecule has 1 saturated carbocycles. The number of sulfonamides is 1. The molecule has 1 amide bonds. The van der Waals surface area contributed by atoms with Gasteiger partial charge in [-0.1, -0.05) is 30.3 Å².